The molecule has 1 amide bonds. The third kappa shape index (κ3) is 3.81. The van der Waals surface area contributed by atoms with Gasteiger partial charge < -0.3 is 9.84 Å². The molecule has 5 rings (SSSR count). The third-order valence-corrected chi connectivity index (χ3v) is 5.17. The van der Waals surface area contributed by atoms with Crippen LogP contribution in [0.15, 0.2) is 108 Å². The number of nitrogens with zero attached hydrogens (tertiary/aromatic N) is 2. The zero-order valence-electron chi connectivity index (χ0n) is 16.6. The number of pyridine rings is 1. The molecule has 5 aromatic rings. The van der Waals surface area contributed by atoms with Gasteiger partial charge in [0.15, 0.2) is 5.76 Å². The zero-order chi connectivity index (χ0) is 21.0. The smallest absolute Gasteiger partial charge is 0.252 e. The average Bonchev–Trinajstić information content (AvgIpc) is 3.27. The average molecular weight is 405 g/mol. The molecule has 0 aliphatic heterocycles. The minimum absolute atomic E-state index is 0.193. The summed E-state index contributed by atoms with van der Waals surface area (Å²) in [7, 11) is 0. The topological polar surface area (TPSA) is 68.0 Å². The summed E-state index contributed by atoms with van der Waals surface area (Å²) in [5.41, 5.74) is 3.89. The van der Waals surface area contributed by atoms with Gasteiger partial charge in [-0.3, -0.25) is 9.78 Å². The number of aromatic nitrogens is 2. The Morgan fingerprint density at radius 1 is 0.839 bits per heavy atom. The molecular formula is C26H19N3O2. The predicted octanol–water partition coefficient (Wildman–Crippen LogP) is 5.41. The van der Waals surface area contributed by atoms with Crippen molar-refractivity contribution < 1.29 is 9.32 Å². The molecule has 0 saturated heterocycles. The molecule has 1 N–H and O–H groups in total. The maximum Gasteiger partial charge on any atom is 0.252 e. The quantitative estimate of drug-likeness (QED) is 0.425. The summed E-state index contributed by atoms with van der Waals surface area (Å²) < 4.78 is 5.56. The first kappa shape index (κ1) is 18.8. The molecule has 1 atom stereocenters. The highest BCUT2D eigenvalue weighted by atomic mass is 16.5. The lowest BCUT2D eigenvalue weighted by Gasteiger charge is -2.19. The van der Waals surface area contributed by atoms with Crippen molar-refractivity contribution in [3.63, 3.8) is 0 Å². The standard InChI is InChI=1S/C26H19N3O2/c30-26(28-24(18-9-3-1-4-10-18)23-13-7-8-16-27-23)20-14-15-22-21(17-20)25(31-29-22)19-11-5-2-6-12-19/h1-17,24H,(H,28,30). The SMILES string of the molecule is O=C(NC(c1ccccc1)c1ccccn1)c1ccc2noc(-c3ccccc3)c2c1. The zero-order valence-corrected chi connectivity index (χ0v) is 16.6. The molecule has 3 aromatic carbocycles. The second kappa shape index (κ2) is 8.24. The Bertz CT molecular complexity index is 1280. The minimum atomic E-state index is -0.360. The number of fused-ring (bicyclic) bond motifs is 1. The molecule has 0 aliphatic carbocycles. The van der Waals surface area contributed by atoms with Crippen LogP contribution in [0.5, 0.6) is 0 Å². The Morgan fingerprint density at radius 3 is 2.32 bits per heavy atom. The number of carbonyl (C=O) groups excluding carboxylic acids is 1. The van der Waals surface area contributed by atoms with Crippen LogP contribution < -0.4 is 5.32 Å². The van der Waals surface area contributed by atoms with Crippen LogP contribution in [0.2, 0.25) is 0 Å². The van der Waals surface area contributed by atoms with Crippen LogP contribution >= 0.6 is 0 Å². The highest BCUT2D eigenvalue weighted by Crippen LogP contribution is 2.29. The summed E-state index contributed by atoms with van der Waals surface area (Å²) in [5, 5.41) is 8.06. The number of nitrogens with one attached hydrogen (secondary N) is 1. The normalized spacial score (nSPS) is 11.9. The molecule has 5 nitrogen and oxygen atoms in total. The predicted molar refractivity (Wildman–Crippen MR) is 119 cm³/mol. The van der Waals surface area contributed by atoms with Crippen LogP contribution in [-0.2, 0) is 0 Å². The molecule has 2 aromatic heterocycles. The Balaban J connectivity index is 1.50. The summed E-state index contributed by atoms with van der Waals surface area (Å²) in [5.74, 6) is 0.455. The highest BCUT2D eigenvalue weighted by Gasteiger charge is 2.20. The van der Waals surface area contributed by atoms with Crippen molar-refractivity contribution in [2.24, 2.45) is 0 Å². The maximum atomic E-state index is 13.2. The van der Waals surface area contributed by atoms with Gasteiger partial charge in [0.05, 0.1) is 17.1 Å². The van der Waals surface area contributed by atoms with E-state index in [9.17, 15) is 4.79 Å². The molecule has 31 heavy (non-hydrogen) atoms. The van der Waals surface area contributed by atoms with Crippen LogP contribution in [0, 0.1) is 0 Å². The van der Waals surface area contributed by atoms with Crippen LogP contribution in [0.25, 0.3) is 22.2 Å². The second-order valence-electron chi connectivity index (χ2n) is 7.18. The van der Waals surface area contributed by atoms with Gasteiger partial charge in [0.2, 0.25) is 0 Å². The number of amides is 1. The van der Waals surface area contributed by atoms with Gasteiger partial charge in [-0.15, -0.1) is 0 Å². The Labute approximate surface area is 179 Å². The van der Waals surface area contributed by atoms with E-state index in [4.69, 9.17) is 4.52 Å². The number of hydrogen-bond acceptors (Lipinski definition) is 4. The van der Waals surface area contributed by atoms with E-state index in [-0.39, 0.29) is 11.9 Å². The van der Waals surface area contributed by atoms with Gasteiger partial charge in [-0.1, -0.05) is 71.9 Å². The van der Waals surface area contributed by atoms with E-state index in [1.807, 2.05) is 84.9 Å². The van der Waals surface area contributed by atoms with E-state index >= 15 is 0 Å². The second-order valence-corrected chi connectivity index (χ2v) is 7.18. The Kier molecular flexibility index (Phi) is 4.99. The van der Waals surface area contributed by atoms with Crippen molar-refractivity contribution in [1.82, 2.24) is 15.5 Å². The van der Waals surface area contributed by atoms with Gasteiger partial charge in [-0.05, 0) is 35.9 Å². The van der Waals surface area contributed by atoms with Gasteiger partial charge in [0.25, 0.3) is 5.91 Å². The first-order chi connectivity index (χ1) is 15.3. The van der Waals surface area contributed by atoms with E-state index in [1.165, 1.54) is 0 Å². The highest BCUT2D eigenvalue weighted by molar-refractivity contribution is 6.01. The van der Waals surface area contributed by atoms with Crippen molar-refractivity contribution in [1.29, 1.82) is 0 Å². The number of benzene rings is 3. The van der Waals surface area contributed by atoms with Gasteiger partial charge in [0.1, 0.15) is 5.52 Å². The van der Waals surface area contributed by atoms with Crippen LogP contribution in [-0.4, -0.2) is 16.0 Å². The molecule has 150 valence electrons. The first-order valence-electron chi connectivity index (χ1n) is 10.0. The molecule has 2 heterocycles. The maximum absolute atomic E-state index is 13.2. The van der Waals surface area contributed by atoms with E-state index in [2.05, 4.69) is 15.5 Å². The van der Waals surface area contributed by atoms with Crippen LogP contribution in [0.4, 0.5) is 0 Å². The van der Waals surface area contributed by atoms with Gasteiger partial charge in [-0.25, -0.2) is 0 Å². The summed E-state index contributed by atoms with van der Waals surface area (Å²) in [6.45, 7) is 0. The number of hydrogen-bond donors (Lipinski definition) is 1. The summed E-state index contributed by atoms with van der Waals surface area (Å²) in [6.07, 6.45) is 1.73. The fraction of sp³-hybridized carbons (Fsp3) is 0.0385. The lowest BCUT2D eigenvalue weighted by atomic mass is 10.0. The van der Waals surface area contributed by atoms with Crippen molar-refractivity contribution in [2.75, 3.05) is 0 Å². The molecular weight excluding hydrogens is 386 g/mol. The molecule has 0 saturated carbocycles. The van der Waals surface area contributed by atoms with Crippen molar-refractivity contribution in [2.45, 2.75) is 6.04 Å². The first-order valence-corrected chi connectivity index (χ1v) is 10.0. The van der Waals surface area contributed by atoms with E-state index in [0.29, 0.717) is 16.8 Å². The lowest BCUT2D eigenvalue weighted by molar-refractivity contribution is 0.0942. The molecule has 0 radical (unpaired) electrons. The van der Waals surface area contributed by atoms with Crippen molar-refractivity contribution in [3.05, 3.63) is 120 Å². The summed E-state index contributed by atoms with van der Waals surface area (Å²) in [4.78, 5) is 17.7. The molecule has 0 aliphatic rings. The fourth-order valence-electron chi connectivity index (χ4n) is 3.62. The van der Waals surface area contributed by atoms with Crippen molar-refractivity contribution in [3.8, 4) is 11.3 Å². The minimum Gasteiger partial charge on any atom is -0.355 e. The number of carbonyl (C=O) groups is 1. The molecule has 0 fully saturated rings. The lowest BCUT2D eigenvalue weighted by Crippen LogP contribution is -2.29. The summed E-state index contributed by atoms with van der Waals surface area (Å²) >= 11 is 0. The summed E-state index contributed by atoms with van der Waals surface area (Å²) in [6, 6.07) is 30.3. The monoisotopic (exact) mass is 405 g/mol. The molecule has 1 unspecified atom stereocenters. The van der Waals surface area contributed by atoms with Gasteiger partial charge in [-0.2, -0.15) is 0 Å². The van der Waals surface area contributed by atoms with E-state index < -0.39 is 0 Å². The van der Waals surface area contributed by atoms with Gasteiger partial charge in [0, 0.05) is 17.3 Å². The van der Waals surface area contributed by atoms with Crippen molar-refractivity contribution >= 4 is 16.8 Å². The van der Waals surface area contributed by atoms with E-state index in [1.54, 1.807) is 18.3 Å². The van der Waals surface area contributed by atoms with E-state index in [0.717, 1.165) is 22.2 Å². The largest absolute Gasteiger partial charge is 0.355 e. The third-order valence-electron chi connectivity index (χ3n) is 5.17. The number of rotatable bonds is 5. The molecule has 0 bridgehead atoms. The fourth-order valence-corrected chi connectivity index (χ4v) is 3.62. The molecule has 0 spiro atoms. The van der Waals surface area contributed by atoms with Gasteiger partial charge >= 0.3 is 0 Å². The Morgan fingerprint density at radius 2 is 1.58 bits per heavy atom. The van der Waals surface area contributed by atoms with Crippen LogP contribution in [0.3, 0.4) is 0 Å². The molecule has 5 heteroatoms. The van der Waals surface area contributed by atoms with Crippen LogP contribution in [0.1, 0.15) is 27.7 Å². The Hall–Kier alpha value is -4.25.